The molecule has 86 heavy (non-hydrogen) atoms. The third-order valence-electron chi connectivity index (χ3n) is 18.4. The van der Waals surface area contributed by atoms with Crippen LogP contribution < -0.4 is 0 Å². The summed E-state index contributed by atoms with van der Waals surface area (Å²) in [6.07, 6.45) is 5.74. The fourth-order valence-corrected chi connectivity index (χ4v) is 13.7. The molecule has 0 N–H and O–H groups in total. The number of carbonyl (C=O) groups is 7. The number of nitrogens with zero attached hydrogens (tertiary/aromatic N) is 6. The first kappa shape index (κ1) is 74.1. The Morgan fingerprint density at radius 3 is 1.57 bits per heavy atom. The Morgan fingerprint density at radius 2 is 1.07 bits per heavy atom. The molecule has 0 saturated carbocycles. The van der Waals surface area contributed by atoms with Gasteiger partial charge in [-0.25, -0.2) is 0 Å². The summed E-state index contributed by atoms with van der Waals surface area (Å²) < 4.78 is 41.1. The number of fused-ring (bicyclic) bond motifs is 9. The SMILES string of the molecule is CCCOC(=O)CC[C@@H]1C2=NC(=C\C3=NC(=C(/C)C4=N[C@@](C)([C@@H]5[N-]/C(=C\2C)[C@](C)(CCC(=O)OCCC)[C@H]5CC(=O)OCCC)[C@@](C)(CC(=O)OCCC)[C@@H]4CCC(=O)OCCC)/[C@@]2(C)CC(=O)O[C@@]32CCC(=O)OCCC)/C1(C)C.[C-]#N.[C-]#N.[Co+3]. The van der Waals surface area contributed by atoms with Crippen LogP contribution >= 0.6 is 0 Å². The molecular weight excluding hydrogens is 1150 g/mol. The molecule has 6 rings (SSSR count). The first-order chi connectivity index (χ1) is 40.3. The largest absolute Gasteiger partial charge is 3.00 e. The van der Waals surface area contributed by atoms with Crippen molar-refractivity contribution in [2.75, 3.05) is 39.6 Å². The van der Waals surface area contributed by atoms with Crippen molar-refractivity contribution in [1.82, 2.24) is 0 Å². The minimum Gasteiger partial charge on any atom is -0.682 e. The molecule has 0 aromatic carbocycles. The standard InChI is InChI=1S/C63H93N4O14.2CN.Co/c1-15-29-75-46(68)23-21-41-53-39(7)55-59(11,27-25-48(70)77-31-17-3)43(35-50(72)79-33-19-5)57(66-55)62(14)60(12,37-51(73)80-34-20-6)42(22-24-47(69)76-30-16-2)54(67-62)40(8)56-61(13)38-52(74)81-63(61,28-26-49(71)78-32-18-4)45(65-56)36-44(64-53)58(41,9)10;2*1-2;/h36,41-43,57H,15-35,37-38H2,1-14H3;;;/q3*-1;+3/t41-,42-,43+,57-,59-,60+,61-,62+,63+;;;/m1.../s1. The third-order valence-corrected chi connectivity index (χ3v) is 18.4. The topological polar surface area (TPSA) is 283 Å². The monoisotopic (exact) mass is 1240 g/mol. The van der Waals surface area contributed by atoms with E-state index in [0.29, 0.717) is 90.3 Å². The molecule has 6 heterocycles. The van der Waals surface area contributed by atoms with E-state index in [0.717, 1.165) is 0 Å². The molecule has 0 aromatic rings. The summed E-state index contributed by atoms with van der Waals surface area (Å²) in [6, 6.07) is -0.900. The molecule has 0 amide bonds. The van der Waals surface area contributed by atoms with Crippen molar-refractivity contribution in [3.8, 4) is 0 Å². The van der Waals surface area contributed by atoms with Gasteiger partial charge < -0.3 is 62.1 Å². The molecule has 2 fully saturated rings. The first-order valence-corrected chi connectivity index (χ1v) is 30.6. The molecule has 0 aliphatic carbocycles. The molecule has 20 nitrogen and oxygen atoms in total. The number of carbonyl (C=O) groups excluding carboxylic acids is 7. The maximum Gasteiger partial charge on any atom is 3.00 e. The van der Waals surface area contributed by atoms with E-state index in [9.17, 15) is 33.6 Å². The molecule has 8 bridgehead atoms. The van der Waals surface area contributed by atoms with Crippen LogP contribution in [0.2, 0.25) is 0 Å². The van der Waals surface area contributed by atoms with Crippen LogP contribution in [0.1, 0.15) is 206 Å². The fraction of sp³-hybridized carbons (Fsp3) is 0.723. The van der Waals surface area contributed by atoms with Crippen LogP contribution in [0.4, 0.5) is 0 Å². The predicted octanol–water partition coefficient (Wildman–Crippen LogP) is 11.7. The number of hydrogen-bond donors (Lipinski definition) is 0. The van der Waals surface area contributed by atoms with Gasteiger partial charge in [0.05, 0.1) is 74.8 Å². The summed E-state index contributed by atoms with van der Waals surface area (Å²) in [6.45, 7) is 38.2. The molecule has 2 saturated heterocycles. The Balaban J connectivity index is 0.00000379. The zero-order valence-electron chi connectivity index (χ0n) is 53.4. The Kier molecular flexibility index (Phi) is 27.7. The van der Waals surface area contributed by atoms with Crippen LogP contribution in [-0.4, -0.2) is 116 Å². The van der Waals surface area contributed by atoms with Gasteiger partial charge in [0.25, 0.3) is 0 Å². The quantitative estimate of drug-likeness (QED) is 0.0400. The van der Waals surface area contributed by atoms with Gasteiger partial charge >= 0.3 is 58.6 Å². The molecule has 9 atom stereocenters. The minimum atomic E-state index is -1.50. The number of ether oxygens (including phenoxy) is 7. The average Bonchev–Trinajstić information content (AvgIpc) is 1.53. The van der Waals surface area contributed by atoms with Crippen molar-refractivity contribution in [2.24, 2.45) is 54.4 Å². The Labute approximate surface area is 520 Å². The summed E-state index contributed by atoms with van der Waals surface area (Å²) in [5, 5.41) is 18.4. The molecule has 476 valence electrons. The van der Waals surface area contributed by atoms with Gasteiger partial charge in [-0.3, -0.25) is 48.5 Å². The van der Waals surface area contributed by atoms with Gasteiger partial charge in [0.2, 0.25) is 0 Å². The Bertz CT molecular complexity index is 2720. The summed E-state index contributed by atoms with van der Waals surface area (Å²) in [7, 11) is 0. The van der Waals surface area contributed by atoms with Crippen molar-refractivity contribution in [3.63, 3.8) is 0 Å². The fourth-order valence-electron chi connectivity index (χ4n) is 13.7. The van der Waals surface area contributed by atoms with Gasteiger partial charge in [0, 0.05) is 78.3 Å². The maximum atomic E-state index is 14.6. The summed E-state index contributed by atoms with van der Waals surface area (Å²) >= 11 is 0. The number of aliphatic imine (C=N–C) groups is 3. The first-order valence-electron chi connectivity index (χ1n) is 30.6. The van der Waals surface area contributed by atoms with Crippen molar-refractivity contribution < 1.29 is 83.5 Å². The maximum absolute atomic E-state index is 14.6. The van der Waals surface area contributed by atoms with Gasteiger partial charge in [-0.15, -0.1) is 0 Å². The Morgan fingerprint density at radius 1 is 0.616 bits per heavy atom. The summed E-state index contributed by atoms with van der Waals surface area (Å²) in [5.41, 5.74) is -2.79. The second-order valence-electron chi connectivity index (χ2n) is 24.5. The van der Waals surface area contributed by atoms with Crippen LogP contribution in [0.15, 0.2) is 49.3 Å². The van der Waals surface area contributed by atoms with E-state index in [1.54, 1.807) is 0 Å². The predicted molar refractivity (Wildman–Crippen MR) is 317 cm³/mol. The molecule has 0 spiro atoms. The summed E-state index contributed by atoms with van der Waals surface area (Å²) in [4.78, 5) is 115. The third kappa shape index (κ3) is 15.2. The van der Waals surface area contributed by atoms with Crippen molar-refractivity contribution in [2.45, 2.75) is 223 Å². The zero-order chi connectivity index (χ0) is 63.7. The van der Waals surface area contributed by atoms with E-state index in [2.05, 4.69) is 13.8 Å². The van der Waals surface area contributed by atoms with Crippen LogP contribution in [0.25, 0.3) is 5.32 Å². The van der Waals surface area contributed by atoms with Crippen LogP contribution in [0, 0.1) is 63.1 Å². The van der Waals surface area contributed by atoms with Gasteiger partial charge in [-0.1, -0.05) is 75.3 Å². The van der Waals surface area contributed by atoms with E-state index >= 15 is 0 Å². The zero-order valence-corrected chi connectivity index (χ0v) is 54.4. The van der Waals surface area contributed by atoms with Crippen LogP contribution in [-0.2, 0) is 83.5 Å². The number of rotatable bonds is 28. The second-order valence-corrected chi connectivity index (χ2v) is 24.5. The number of allylic oxidation sites excluding steroid dienone is 4. The molecule has 0 unspecified atom stereocenters. The normalized spacial score (nSPS) is 30.3. The van der Waals surface area contributed by atoms with Gasteiger partial charge in [0.15, 0.2) is 5.60 Å². The molecular formula is C65H93CoN6O14. The molecule has 0 aromatic heterocycles. The number of esters is 7. The van der Waals surface area contributed by atoms with E-state index in [1.165, 1.54) is 0 Å². The number of hydrogen-bond acceptors (Lipinski definition) is 19. The van der Waals surface area contributed by atoms with Gasteiger partial charge in [0.1, 0.15) is 0 Å². The second kappa shape index (κ2) is 32.2. The van der Waals surface area contributed by atoms with Gasteiger partial charge in [-0.05, 0) is 114 Å². The van der Waals surface area contributed by atoms with E-state index in [-0.39, 0.29) is 127 Å². The molecule has 6 aliphatic rings. The van der Waals surface area contributed by atoms with Crippen molar-refractivity contribution >= 4 is 58.9 Å². The van der Waals surface area contributed by atoms with E-state index in [1.807, 2.05) is 89.2 Å². The van der Waals surface area contributed by atoms with Crippen molar-refractivity contribution in [1.29, 1.82) is 10.5 Å². The molecule has 6 aliphatic heterocycles. The molecule has 0 radical (unpaired) electrons. The minimum absolute atomic E-state index is 0. The van der Waals surface area contributed by atoms with E-state index in [4.69, 9.17) is 77.1 Å². The average molecular weight is 1240 g/mol. The molecule has 21 heteroatoms. The van der Waals surface area contributed by atoms with Gasteiger partial charge in [-0.2, -0.15) is 5.70 Å². The summed E-state index contributed by atoms with van der Waals surface area (Å²) in [5.74, 6) is -4.93. The van der Waals surface area contributed by atoms with Crippen LogP contribution in [0.3, 0.4) is 0 Å². The Hall–Kier alpha value is -6.19. The van der Waals surface area contributed by atoms with Crippen molar-refractivity contribution in [3.05, 3.63) is 52.8 Å². The van der Waals surface area contributed by atoms with E-state index < -0.39 is 92.4 Å². The van der Waals surface area contributed by atoms with Crippen LogP contribution in [0.5, 0.6) is 0 Å². The smallest absolute Gasteiger partial charge is 0.682 e.